The van der Waals surface area contributed by atoms with Crippen molar-refractivity contribution in [3.63, 3.8) is 0 Å². The maximum Gasteiger partial charge on any atom is 0.257 e. The van der Waals surface area contributed by atoms with Gasteiger partial charge in [0.2, 0.25) is 5.75 Å². The minimum absolute atomic E-state index is 0.0725. The van der Waals surface area contributed by atoms with E-state index in [1.807, 2.05) is 0 Å². The molecule has 7 nitrogen and oxygen atoms in total. The van der Waals surface area contributed by atoms with Crippen molar-refractivity contribution in [3.8, 4) is 17.2 Å². The zero-order valence-corrected chi connectivity index (χ0v) is 15.5. The van der Waals surface area contributed by atoms with Gasteiger partial charge in [-0.3, -0.25) is 9.59 Å². The Morgan fingerprint density at radius 1 is 1.00 bits per heavy atom. The quantitative estimate of drug-likeness (QED) is 0.648. The Morgan fingerprint density at radius 3 is 2.37 bits per heavy atom. The lowest BCUT2D eigenvalue weighted by Crippen LogP contribution is -2.12. The van der Waals surface area contributed by atoms with E-state index >= 15 is 0 Å². The second-order valence-corrected chi connectivity index (χ2v) is 5.86. The molecule has 0 unspecified atom stereocenters. The minimum atomic E-state index is -0.340. The monoisotopic (exact) mass is 368 g/mol. The summed E-state index contributed by atoms with van der Waals surface area (Å²) in [6, 6.07) is 8.51. The van der Waals surface area contributed by atoms with E-state index in [0.29, 0.717) is 45.0 Å². The van der Waals surface area contributed by atoms with Crippen molar-refractivity contribution in [1.29, 1.82) is 0 Å². The molecule has 0 aliphatic heterocycles. The van der Waals surface area contributed by atoms with E-state index < -0.39 is 0 Å². The molecule has 2 N–H and O–H groups in total. The van der Waals surface area contributed by atoms with Crippen LogP contribution in [0, 0.1) is 0 Å². The molecule has 140 valence electrons. The molecule has 0 bridgehead atoms. The number of nitrogens with one attached hydrogen (secondary N) is 2. The third-order valence-electron chi connectivity index (χ3n) is 4.24. The van der Waals surface area contributed by atoms with Crippen LogP contribution in [-0.2, 0) is 0 Å². The molecule has 0 radical (unpaired) electrons. The van der Waals surface area contributed by atoms with Crippen LogP contribution in [0.2, 0.25) is 0 Å². The van der Waals surface area contributed by atoms with Crippen LogP contribution < -0.4 is 19.5 Å². The number of ketones is 1. The molecule has 0 aliphatic carbocycles. The lowest BCUT2D eigenvalue weighted by Gasteiger charge is -2.14. The Labute approximate surface area is 156 Å². The molecule has 0 saturated heterocycles. The number of aromatic nitrogens is 1. The fourth-order valence-electron chi connectivity index (χ4n) is 2.95. The molecule has 0 saturated carbocycles. The molecule has 0 spiro atoms. The van der Waals surface area contributed by atoms with Crippen LogP contribution in [0.3, 0.4) is 0 Å². The lowest BCUT2D eigenvalue weighted by atomic mass is 10.1. The van der Waals surface area contributed by atoms with Crippen LogP contribution in [0.15, 0.2) is 36.5 Å². The normalized spacial score (nSPS) is 10.5. The topological polar surface area (TPSA) is 89.7 Å². The first kappa shape index (κ1) is 18.3. The molecule has 1 aromatic heterocycles. The maximum atomic E-state index is 12.8. The summed E-state index contributed by atoms with van der Waals surface area (Å²) in [7, 11) is 4.54. The predicted octanol–water partition coefficient (Wildman–Crippen LogP) is 3.65. The summed E-state index contributed by atoms with van der Waals surface area (Å²) < 4.78 is 16.2. The lowest BCUT2D eigenvalue weighted by molar-refractivity contribution is 0.101. The summed E-state index contributed by atoms with van der Waals surface area (Å²) in [5.41, 5.74) is 2.11. The van der Waals surface area contributed by atoms with Gasteiger partial charge in [0.1, 0.15) is 0 Å². The number of Topliss-reactive ketones (excluding diaryl/α,β-unsaturated/α-hetero) is 1. The first-order chi connectivity index (χ1) is 13.0. The summed E-state index contributed by atoms with van der Waals surface area (Å²) >= 11 is 0. The van der Waals surface area contributed by atoms with Gasteiger partial charge in [-0.05, 0) is 19.1 Å². The predicted molar refractivity (Wildman–Crippen MR) is 102 cm³/mol. The van der Waals surface area contributed by atoms with Gasteiger partial charge in [-0.15, -0.1) is 0 Å². The number of ether oxygens (including phenoxy) is 3. The number of hydrogen-bond donors (Lipinski definition) is 2. The minimum Gasteiger partial charge on any atom is -0.493 e. The fourth-order valence-corrected chi connectivity index (χ4v) is 2.95. The maximum absolute atomic E-state index is 12.8. The molecule has 0 aliphatic rings. The van der Waals surface area contributed by atoms with Crippen molar-refractivity contribution in [2.45, 2.75) is 6.92 Å². The Balaban J connectivity index is 2.05. The zero-order chi connectivity index (χ0) is 19.6. The van der Waals surface area contributed by atoms with E-state index in [1.165, 1.54) is 28.3 Å². The van der Waals surface area contributed by atoms with Gasteiger partial charge in [0.05, 0.1) is 37.8 Å². The summed E-state index contributed by atoms with van der Waals surface area (Å²) in [5, 5.41) is 3.39. The van der Waals surface area contributed by atoms with Crippen molar-refractivity contribution < 1.29 is 23.8 Å². The third-order valence-corrected chi connectivity index (χ3v) is 4.24. The van der Waals surface area contributed by atoms with Crippen molar-refractivity contribution in [3.05, 3.63) is 47.7 Å². The number of H-pyrrole nitrogens is 1. The van der Waals surface area contributed by atoms with Crippen LogP contribution in [0.4, 0.5) is 5.69 Å². The van der Waals surface area contributed by atoms with Crippen molar-refractivity contribution >= 4 is 28.3 Å². The average molecular weight is 368 g/mol. The third kappa shape index (κ3) is 3.31. The van der Waals surface area contributed by atoms with Crippen molar-refractivity contribution in [2.24, 2.45) is 0 Å². The molecule has 0 fully saturated rings. The molecule has 0 atom stereocenters. The number of rotatable bonds is 6. The van der Waals surface area contributed by atoms with Gasteiger partial charge in [0, 0.05) is 23.5 Å². The Kier molecular flexibility index (Phi) is 5.03. The number of fused-ring (bicyclic) bond motifs is 1. The highest BCUT2D eigenvalue weighted by atomic mass is 16.5. The first-order valence-corrected chi connectivity index (χ1v) is 8.22. The Morgan fingerprint density at radius 2 is 1.74 bits per heavy atom. The number of carbonyl (C=O) groups is 2. The van der Waals surface area contributed by atoms with Crippen molar-refractivity contribution in [2.75, 3.05) is 26.6 Å². The van der Waals surface area contributed by atoms with Gasteiger partial charge < -0.3 is 24.5 Å². The van der Waals surface area contributed by atoms with Gasteiger partial charge in [-0.1, -0.05) is 12.1 Å². The molecular formula is C20H20N2O5. The van der Waals surface area contributed by atoms with Crippen LogP contribution in [0.25, 0.3) is 10.9 Å². The van der Waals surface area contributed by atoms with Crippen LogP contribution in [0.5, 0.6) is 17.2 Å². The number of methoxy groups -OCH3 is 3. The van der Waals surface area contributed by atoms with E-state index in [4.69, 9.17) is 14.2 Å². The second kappa shape index (κ2) is 7.41. The Bertz CT molecular complexity index is 1020. The molecule has 3 aromatic rings. The largest absolute Gasteiger partial charge is 0.493 e. The molecule has 1 amide bonds. The standard InChI is InChI=1S/C20H20N2O5/c1-11(23)12-6-5-7-13(8-12)22-20(24)14-10-21-15-9-16(25-2)18(26-3)19(27-4)17(14)15/h5-10,21H,1-4H3,(H,22,24). The van der Waals surface area contributed by atoms with Crippen molar-refractivity contribution in [1.82, 2.24) is 4.98 Å². The number of benzene rings is 2. The first-order valence-electron chi connectivity index (χ1n) is 8.22. The van der Waals surface area contributed by atoms with Gasteiger partial charge in [0.15, 0.2) is 17.3 Å². The smallest absolute Gasteiger partial charge is 0.257 e. The number of anilines is 1. The molecule has 3 rings (SSSR count). The zero-order valence-electron chi connectivity index (χ0n) is 15.5. The van der Waals surface area contributed by atoms with E-state index in [-0.39, 0.29) is 11.7 Å². The summed E-state index contributed by atoms with van der Waals surface area (Å²) in [6.07, 6.45) is 1.59. The van der Waals surface area contributed by atoms with E-state index in [0.717, 1.165) is 0 Å². The van der Waals surface area contributed by atoms with Gasteiger partial charge >= 0.3 is 0 Å². The molecular weight excluding hydrogens is 348 g/mol. The molecule has 2 aromatic carbocycles. The number of aromatic amines is 1. The number of carbonyl (C=O) groups excluding carboxylic acids is 2. The summed E-state index contributed by atoms with van der Waals surface area (Å²) in [6.45, 7) is 1.48. The second-order valence-electron chi connectivity index (χ2n) is 5.86. The highest BCUT2D eigenvalue weighted by Gasteiger charge is 2.22. The van der Waals surface area contributed by atoms with E-state index in [9.17, 15) is 9.59 Å². The molecule has 1 heterocycles. The number of amides is 1. The van der Waals surface area contributed by atoms with Crippen LogP contribution in [-0.4, -0.2) is 38.0 Å². The van der Waals surface area contributed by atoms with Gasteiger partial charge in [-0.2, -0.15) is 0 Å². The Hall–Kier alpha value is -3.48. The highest BCUT2D eigenvalue weighted by molar-refractivity contribution is 6.15. The average Bonchev–Trinajstić information content (AvgIpc) is 3.10. The molecule has 7 heteroatoms. The fraction of sp³-hybridized carbons (Fsp3) is 0.200. The van der Waals surface area contributed by atoms with E-state index in [2.05, 4.69) is 10.3 Å². The number of hydrogen-bond acceptors (Lipinski definition) is 5. The van der Waals surface area contributed by atoms with Crippen LogP contribution in [0.1, 0.15) is 27.6 Å². The SMILES string of the molecule is COc1cc2[nH]cc(C(=O)Nc3cccc(C(C)=O)c3)c2c(OC)c1OC. The highest BCUT2D eigenvalue weighted by Crippen LogP contribution is 2.44. The summed E-state index contributed by atoms with van der Waals surface area (Å²) in [4.78, 5) is 27.4. The van der Waals surface area contributed by atoms with Gasteiger partial charge in [0.25, 0.3) is 5.91 Å². The van der Waals surface area contributed by atoms with E-state index in [1.54, 1.807) is 36.5 Å². The van der Waals surface area contributed by atoms with Gasteiger partial charge in [-0.25, -0.2) is 0 Å². The van der Waals surface area contributed by atoms with Crippen LogP contribution >= 0.6 is 0 Å². The molecule has 27 heavy (non-hydrogen) atoms. The summed E-state index contributed by atoms with van der Waals surface area (Å²) in [5.74, 6) is 0.879.